The fourth-order valence-electron chi connectivity index (χ4n) is 2.77. The molecule has 0 saturated carbocycles. The SMILES string of the molecule is CCCCNC(=O)[C@H](C)N(Cc1cccc(Br)c1)C(=O)COc1ccc(Cl)cc1Cl. The minimum absolute atomic E-state index is 0.198. The van der Waals surface area contributed by atoms with Crippen LogP contribution in [0.25, 0.3) is 0 Å². The molecule has 0 bridgehead atoms. The fourth-order valence-corrected chi connectivity index (χ4v) is 3.68. The third kappa shape index (κ3) is 7.49. The molecule has 2 rings (SSSR count). The summed E-state index contributed by atoms with van der Waals surface area (Å²) in [4.78, 5) is 27.1. The second-order valence-corrected chi connectivity index (χ2v) is 8.59. The van der Waals surface area contributed by atoms with Gasteiger partial charge in [-0.05, 0) is 49.2 Å². The Bertz CT molecular complexity index is 879. The molecule has 2 aromatic rings. The molecule has 0 spiro atoms. The summed E-state index contributed by atoms with van der Waals surface area (Å²) in [5.74, 6) is -0.160. The van der Waals surface area contributed by atoms with Gasteiger partial charge in [-0.15, -0.1) is 0 Å². The van der Waals surface area contributed by atoms with E-state index in [1.54, 1.807) is 25.1 Å². The highest BCUT2D eigenvalue weighted by Gasteiger charge is 2.26. The zero-order chi connectivity index (χ0) is 22.1. The topological polar surface area (TPSA) is 58.6 Å². The molecule has 1 atom stereocenters. The second kappa shape index (κ2) is 12.2. The van der Waals surface area contributed by atoms with Crippen LogP contribution in [0.4, 0.5) is 0 Å². The molecule has 0 radical (unpaired) electrons. The molecule has 0 aliphatic heterocycles. The van der Waals surface area contributed by atoms with Gasteiger partial charge in [0.2, 0.25) is 5.91 Å². The Morgan fingerprint density at radius 1 is 1.20 bits per heavy atom. The van der Waals surface area contributed by atoms with Crippen molar-refractivity contribution >= 4 is 50.9 Å². The van der Waals surface area contributed by atoms with Crippen LogP contribution in [-0.4, -0.2) is 35.9 Å². The average Bonchev–Trinajstić information content (AvgIpc) is 2.71. The number of rotatable bonds is 10. The quantitative estimate of drug-likeness (QED) is 0.427. The summed E-state index contributed by atoms with van der Waals surface area (Å²) in [5.41, 5.74) is 0.899. The maximum absolute atomic E-state index is 13.0. The highest BCUT2D eigenvalue weighted by Crippen LogP contribution is 2.27. The summed E-state index contributed by atoms with van der Waals surface area (Å²) < 4.78 is 6.50. The number of unbranched alkanes of at least 4 members (excludes halogenated alkanes) is 1. The first-order valence-electron chi connectivity index (χ1n) is 9.71. The lowest BCUT2D eigenvalue weighted by atomic mass is 10.1. The van der Waals surface area contributed by atoms with Crippen LogP contribution in [0.2, 0.25) is 10.0 Å². The Hall–Kier alpha value is -1.76. The summed E-state index contributed by atoms with van der Waals surface area (Å²) in [6, 6.07) is 11.8. The van der Waals surface area contributed by atoms with Crippen molar-refractivity contribution in [1.82, 2.24) is 10.2 Å². The molecule has 1 N–H and O–H groups in total. The Morgan fingerprint density at radius 3 is 2.63 bits per heavy atom. The van der Waals surface area contributed by atoms with Crippen LogP contribution in [0, 0.1) is 0 Å². The second-order valence-electron chi connectivity index (χ2n) is 6.84. The number of hydrogen-bond donors (Lipinski definition) is 1. The molecule has 0 aliphatic carbocycles. The average molecular weight is 516 g/mol. The van der Waals surface area contributed by atoms with Crippen LogP contribution < -0.4 is 10.1 Å². The van der Waals surface area contributed by atoms with Crippen molar-refractivity contribution in [2.75, 3.05) is 13.2 Å². The molecular weight excluding hydrogens is 491 g/mol. The molecule has 0 saturated heterocycles. The van der Waals surface area contributed by atoms with Gasteiger partial charge in [0.05, 0.1) is 5.02 Å². The standard InChI is InChI=1S/C22H25BrCl2N2O3/c1-3-4-10-26-22(29)15(2)27(13-16-6-5-7-17(23)11-16)21(28)14-30-20-9-8-18(24)12-19(20)25/h5-9,11-12,15H,3-4,10,13-14H2,1-2H3,(H,26,29)/t15-/m0/s1. The van der Waals surface area contributed by atoms with E-state index < -0.39 is 6.04 Å². The molecule has 0 heterocycles. The van der Waals surface area contributed by atoms with Gasteiger partial charge in [0.1, 0.15) is 11.8 Å². The van der Waals surface area contributed by atoms with Crippen molar-refractivity contribution < 1.29 is 14.3 Å². The van der Waals surface area contributed by atoms with Crippen LogP contribution in [-0.2, 0) is 16.1 Å². The van der Waals surface area contributed by atoms with E-state index in [1.807, 2.05) is 24.3 Å². The van der Waals surface area contributed by atoms with E-state index >= 15 is 0 Å². The lowest BCUT2D eigenvalue weighted by Crippen LogP contribution is -2.49. The molecule has 162 valence electrons. The number of benzene rings is 2. The number of halogens is 3. The minimum atomic E-state index is -0.655. The first-order valence-corrected chi connectivity index (χ1v) is 11.3. The molecular formula is C22H25BrCl2N2O3. The monoisotopic (exact) mass is 514 g/mol. The number of carbonyl (C=O) groups excluding carboxylic acids is 2. The Kier molecular flexibility index (Phi) is 9.95. The van der Waals surface area contributed by atoms with Crippen molar-refractivity contribution in [3.05, 3.63) is 62.5 Å². The number of hydrogen-bond acceptors (Lipinski definition) is 3. The zero-order valence-corrected chi connectivity index (χ0v) is 20.1. The smallest absolute Gasteiger partial charge is 0.261 e. The van der Waals surface area contributed by atoms with Gasteiger partial charge >= 0.3 is 0 Å². The van der Waals surface area contributed by atoms with Crippen molar-refractivity contribution in [2.24, 2.45) is 0 Å². The van der Waals surface area contributed by atoms with Crippen LogP contribution in [0.3, 0.4) is 0 Å². The maximum atomic E-state index is 13.0. The molecule has 0 unspecified atom stereocenters. The minimum Gasteiger partial charge on any atom is -0.482 e. The molecule has 0 aliphatic rings. The number of nitrogens with one attached hydrogen (secondary N) is 1. The first kappa shape index (κ1) is 24.5. The van der Waals surface area contributed by atoms with Crippen LogP contribution in [0.15, 0.2) is 46.9 Å². The Balaban J connectivity index is 2.13. The Morgan fingerprint density at radius 2 is 1.97 bits per heavy atom. The van der Waals surface area contributed by atoms with Crippen molar-refractivity contribution in [3.63, 3.8) is 0 Å². The summed E-state index contributed by atoms with van der Waals surface area (Å²) in [5, 5.41) is 3.68. The number of amides is 2. The molecule has 0 fully saturated rings. The summed E-state index contributed by atoms with van der Waals surface area (Å²) in [7, 11) is 0. The van der Waals surface area contributed by atoms with E-state index in [-0.39, 0.29) is 25.0 Å². The molecule has 30 heavy (non-hydrogen) atoms. The largest absolute Gasteiger partial charge is 0.482 e. The van der Waals surface area contributed by atoms with Gasteiger partial charge in [-0.3, -0.25) is 9.59 Å². The normalized spacial score (nSPS) is 11.6. The molecule has 8 heteroatoms. The summed E-state index contributed by atoms with van der Waals surface area (Å²) >= 11 is 15.5. The lowest BCUT2D eigenvalue weighted by molar-refractivity contribution is -0.142. The van der Waals surface area contributed by atoms with Gasteiger partial charge in [0.15, 0.2) is 6.61 Å². The van der Waals surface area contributed by atoms with Crippen LogP contribution in [0.5, 0.6) is 5.75 Å². The highest BCUT2D eigenvalue weighted by molar-refractivity contribution is 9.10. The fraction of sp³-hybridized carbons (Fsp3) is 0.364. The zero-order valence-electron chi connectivity index (χ0n) is 17.0. The molecule has 0 aromatic heterocycles. The van der Waals surface area contributed by atoms with Gasteiger partial charge < -0.3 is 15.0 Å². The first-order chi connectivity index (χ1) is 14.3. The molecule has 2 aromatic carbocycles. The predicted molar refractivity (Wildman–Crippen MR) is 124 cm³/mol. The summed E-state index contributed by atoms with van der Waals surface area (Å²) in [6.07, 6.45) is 1.86. The highest BCUT2D eigenvalue weighted by atomic mass is 79.9. The van der Waals surface area contributed by atoms with E-state index in [0.29, 0.717) is 22.3 Å². The van der Waals surface area contributed by atoms with Crippen molar-refractivity contribution in [1.29, 1.82) is 0 Å². The van der Waals surface area contributed by atoms with Crippen molar-refractivity contribution in [2.45, 2.75) is 39.3 Å². The predicted octanol–water partition coefficient (Wildman–Crippen LogP) is 5.47. The number of carbonyl (C=O) groups is 2. The van der Waals surface area contributed by atoms with E-state index in [1.165, 1.54) is 4.90 Å². The van der Waals surface area contributed by atoms with Gasteiger partial charge in [-0.2, -0.15) is 0 Å². The molecule has 2 amide bonds. The Labute approximate surface area is 195 Å². The third-order valence-electron chi connectivity index (χ3n) is 4.48. The lowest BCUT2D eigenvalue weighted by Gasteiger charge is -2.29. The van der Waals surface area contributed by atoms with Gasteiger partial charge in [0.25, 0.3) is 5.91 Å². The molecule has 5 nitrogen and oxygen atoms in total. The summed E-state index contributed by atoms with van der Waals surface area (Å²) in [6.45, 7) is 4.38. The van der Waals surface area contributed by atoms with Crippen LogP contribution in [0.1, 0.15) is 32.3 Å². The van der Waals surface area contributed by atoms with E-state index in [4.69, 9.17) is 27.9 Å². The van der Waals surface area contributed by atoms with Gasteiger partial charge in [0, 0.05) is 22.6 Å². The van der Waals surface area contributed by atoms with Gasteiger partial charge in [-0.1, -0.05) is 64.6 Å². The number of nitrogens with zero attached hydrogens (tertiary/aromatic N) is 1. The van der Waals surface area contributed by atoms with E-state index in [0.717, 1.165) is 22.9 Å². The van der Waals surface area contributed by atoms with E-state index in [9.17, 15) is 9.59 Å². The van der Waals surface area contributed by atoms with Crippen LogP contribution >= 0.6 is 39.1 Å². The third-order valence-corrected chi connectivity index (χ3v) is 5.51. The van der Waals surface area contributed by atoms with E-state index in [2.05, 4.69) is 28.2 Å². The number of ether oxygens (including phenoxy) is 1. The maximum Gasteiger partial charge on any atom is 0.261 e. The van der Waals surface area contributed by atoms with Crippen molar-refractivity contribution in [3.8, 4) is 5.75 Å². The van der Waals surface area contributed by atoms with Gasteiger partial charge in [-0.25, -0.2) is 0 Å².